The van der Waals surface area contributed by atoms with Crippen LogP contribution in [0.5, 0.6) is 5.75 Å². The summed E-state index contributed by atoms with van der Waals surface area (Å²) in [5, 5.41) is 9.42. The highest BCUT2D eigenvalue weighted by molar-refractivity contribution is 9.10. The summed E-state index contributed by atoms with van der Waals surface area (Å²) in [4.78, 5) is 0. The van der Waals surface area contributed by atoms with E-state index in [1.54, 1.807) is 36.4 Å². The third-order valence-corrected chi connectivity index (χ3v) is 3.28. The van der Waals surface area contributed by atoms with Crippen LogP contribution in [-0.2, 0) is 0 Å². The van der Waals surface area contributed by atoms with Gasteiger partial charge in [0.1, 0.15) is 5.75 Å². The molecule has 1 N–H and O–H groups in total. The number of hydrogen-bond acceptors (Lipinski definition) is 2. The van der Waals surface area contributed by atoms with Crippen LogP contribution in [0.2, 0.25) is 5.02 Å². The third kappa shape index (κ3) is 2.69. The van der Waals surface area contributed by atoms with E-state index < -0.39 is 13.5 Å². The van der Waals surface area contributed by atoms with Gasteiger partial charge in [0.25, 0.3) is 0 Å². The lowest BCUT2D eigenvalue weighted by Gasteiger charge is -2.12. The van der Waals surface area contributed by atoms with E-state index in [4.69, 9.17) is 21.3 Å². The van der Waals surface area contributed by atoms with Gasteiger partial charge >= 0.3 is 7.69 Å². The van der Waals surface area contributed by atoms with Gasteiger partial charge in [-0.1, -0.05) is 23.7 Å². The number of benzene rings is 2. The maximum Gasteiger partial charge on any atom is 0.504 e. The van der Waals surface area contributed by atoms with E-state index in [-0.39, 0.29) is 10.2 Å². The zero-order chi connectivity index (χ0) is 13.1. The fourth-order valence-electron chi connectivity index (χ4n) is 1.59. The quantitative estimate of drug-likeness (QED) is 0.873. The molecule has 2 rings (SSSR count). The minimum atomic E-state index is -0.589. The number of halogens is 3. The molecular formula is C12H8BBrClFO2. The SMILES string of the molecule is OBOc1c(-c2ccc(Cl)cc2)ccc(Br)c1F. The predicted molar refractivity (Wildman–Crippen MR) is 74.5 cm³/mol. The Labute approximate surface area is 118 Å². The summed E-state index contributed by atoms with van der Waals surface area (Å²) in [6.07, 6.45) is 0. The molecule has 2 nitrogen and oxygen atoms in total. The monoisotopic (exact) mass is 328 g/mol. The van der Waals surface area contributed by atoms with Gasteiger partial charge in [0.2, 0.25) is 0 Å². The minimum Gasteiger partial charge on any atom is -0.536 e. The van der Waals surface area contributed by atoms with E-state index in [1.807, 2.05) is 0 Å². The Morgan fingerprint density at radius 1 is 1.17 bits per heavy atom. The van der Waals surface area contributed by atoms with Crippen LogP contribution in [0.1, 0.15) is 0 Å². The molecule has 92 valence electrons. The first-order valence-corrected chi connectivity index (χ1v) is 6.28. The van der Waals surface area contributed by atoms with Gasteiger partial charge in [0.15, 0.2) is 5.82 Å². The molecule has 0 saturated heterocycles. The summed E-state index contributed by atoms with van der Waals surface area (Å²) in [6.45, 7) is 0. The van der Waals surface area contributed by atoms with Crippen LogP contribution in [0.15, 0.2) is 40.9 Å². The van der Waals surface area contributed by atoms with Crippen molar-refractivity contribution in [1.29, 1.82) is 0 Å². The Hall–Kier alpha value is -1.04. The first-order valence-electron chi connectivity index (χ1n) is 5.11. The topological polar surface area (TPSA) is 29.5 Å². The Morgan fingerprint density at radius 3 is 2.44 bits per heavy atom. The zero-order valence-corrected chi connectivity index (χ0v) is 11.5. The van der Waals surface area contributed by atoms with Crippen LogP contribution < -0.4 is 4.65 Å². The molecule has 0 aromatic heterocycles. The van der Waals surface area contributed by atoms with Crippen LogP contribution >= 0.6 is 27.5 Å². The normalized spacial score (nSPS) is 10.2. The summed E-state index contributed by atoms with van der Waals surface area (Å²) >= 11 is 8.88. The summed E-state index contributed by atoms with van der Waals surface area (Å²) in [6, 6.07) is 10.2. The molecule has 0 radical (unpaired) electrons. The van der Waals surface area contributed by atoms with Gasteiger partial charge in [-0.2, -0.15) is 0 Å². The lowest BCUT2D eigenvalue weighted by molar-refractivity contribution is 0.432. The summed E-state index contributed by atoms with van der Waals surface area (Å²) < 4.78 is 19.1. The van der Waals surface area contributed by atoms with Crippen molar-refractivity contribution in [3.8, 4) is 16.9 Å². The van der Waals surface area contributed by atoms with E-state index in [2.05, 4.69) is 15.9 Å². The van der Waals surface area contributed by atoms with E-state index in [0.717, 1.165) is 5.56 Å². The predicted octanol–water partition coefficient (Wildman–Crippen LogP) is 3.55. The van der Waals surface area contributed by atoms with Crippen molar-refractivity contribution in [1.82, 2.24) is 0 Å². The Morgan fingerprint density at radius 2 is 1.83 bits per heavy atom. The Balaban J connectivity index is 2.56. The van der Waals surface area contributed by atoms with Gasteiger partial charge in [-0.15, -0.1) is 0 Å². The summed E-state index contributed by atoms with van der Waals surface area (Å²) in [5.74, 6) is -0.536. The molecule has 0 aliphatic heterocycles. The van der Waals surface area contributed by atoms with Gasteiger partial charge < -0.3 is 9.68 Å². The van der Waals surface area contributed by atoms with Crippen molar-refractivity contribution in [2.45, 2.75) is 0 Å². The van der Waals surface area contributed by atoms with Crippen molar-refractivity contribution >= 4 is 35.2 Å². The maximum absolute atomic E-state index is 13.9. The molecule has 0 atom stereocenters. The van der Waals surface area contributed by atoms with Gasteiger partial charge in [-0.05, 0) is 45.8 Å². The Bertz CT molecular complexity index is 563. The highest BCUT2D eigenvalue weighted by Gasteiger charge is 2.14. The first-order chi connectivity index (χ1) is 8.63. The molecule has 0 aliphatic rings. The average molecular weight is 329 g/mol. The molecule has 18 heavy (non-hydrogen) atoms. The number of rotatable bonds is 3. The molecule has 0 spiro atoms. The molecule has 0 bridgehead atoms. The lowest BCUT2D eigenvalue weighted by Crippen LogP contribution is -2.03. The van der Waals surface area contributed by atoms with E-state index in [0.29, 0.717) is 10.6 Å². The average Bonchev–Trinajstić information content (AvgIpc) is 2.37. The van der Waals surface area contributed by atoms with Crippen LogP contribution in [0.3, 0.4) is 0 Å². The molecule has 0 heterocycles. The van der Waals surface area contributed by atoms with Gasteiger partial charge in [0, 0.05) is 10.6 Å². The van der Waals surface area contributed by atoms with E-state index in [9.17, 15) is 4.39 Å². The van der Waals surface area contributed by atoms with E-state index >= 15 is 0 Å². The van der Waals surface area contributed by atoms with Crippen molar-refractivity contribution in [3.63, 3.8) is 0 Å². The molecule has 0 amide bonds. The molecule has 0 fully saturated rings. The highest BCUT2D eigenvalue weighted by atomic mass is 79.9. The lowest BCUT2D eigenvalue weighted by atomic mass is 10.0. The number of hydrogen-bond donors (Lipinski definition) is 1. The smallest absolute Gasteiger partial charge is 0.504 e. The maximum atomic E-state index is 13.9. The summed E-state index contributed by atoms with van der Waals surface area (Å²) in [7, 11) is -0.589. The fraction of sp³-hybridized carbons (Fsp3) is 0. The molecular weight excluding hydrogens is 321 g/mol. The fourth-order valence-corrected chi connectivity index (χ4v) is 2.03. The van der Waals surface area contributed by atoms with Gasteiger partial charge in [0.05, 0.1) is 4.47 Å². The molecule has 0 saturated carbocycles. The second-order valence-electron chi connectivity index (χ2n) is 3.52. The van der Waals surface area contributed by atoms with Crippen LogP contribution in [0.25, 0.3) is 11.1 Å². The summed E-state index contributed by atoms with van der Waals surface area (Å²) in [5.41, 5.74) is 1.32. The van der Waals surface area contributed by atoms with Crippen LogP contribution in [-0.4, -0.2) is 12.7 Å². The van der Waals surface area contributed by atoms with Crippen molar-refractivity contribution in [2.75, 3.05) is 0 Å². The first kappa shape index (κ1) is 13.4. The van der Waals surface area contributed by atoms with E-state index in [1.165, 1.54) is 0 Å². The Kier molecular flexibility index (Phi) is 4.27. The molecule has 0 aliphatic carbocycles. The van der Waals surface area contributed by atoms with Crippen LogP contribution in [0.4, 0.5) is 4.39 Å². The van der Waals surface area contributed by atoms with Gasteiger partial charge in [-0.3, -0.25) is 0 Å². The van der Waals surface area contributed by atoms with Gasteiger partial charge in [-0.25, -0.2) is 4.39 Å². The highest BCUT2D eigenvalue weighted by Crippen LogP contribution is 2.36. The standard InChI is InChI=1S/C12H8BBrClFO2/c14-10-6-5-9(12(11(10)16)18-13-17)7-1-3-8(15)4-2-7/h1-6,13,17H. The van der Waals surface area contributed by atoms with Crippen LogP contribution in [0, 0.1) is 5.82 Å². The molecule has 0 unspecified atom stereocenters. The molecule has 2 aromatic rings. The second-order valence-corrected chi connectivity index (χ2v) is 4.81. The second kappa shape index (κ2) is 5.74. The minimum absolute atomic E-state index is 0.00852. The van der Waals surface area contributed by atoms with Crippen molar-refractivity contribution in [2.24, 2.45) is 0 Å². The van der Waals surface area contributed by atoms with Crippen molar-refractivity contribution in [3.05, 3.63) is 51.7 Å². The third-order valence-electron chi connectivity index (χ3n) is 2.41. The zero-order valence-electron chi connectivity index (χ0n) is 9.16. The van der Waals surface area contributed by atoms with Crippen molar-refractivity contribution < 1.29 is 14.1 Å². The largest absolute Gasteiger partial charge is 0.536 e. The molecule has 6 heteroatoms. The molecule has 2 aromatic carbocycles.